The molecule has 2 rings (SSSR count). The van der Waals surface area contributed by atoms with Crippen LogP contribution in [-0.2, 0) is 22.6 Å². The second-order valence-corrected chi connectivity index (χ2v) is 6.09. The Kier molecular flexibility index (Phi) is 7.33. The molecule has 138 valence electrons. The van der Waals surface area contributed by atoms with E-state index < -0.39 is 11.9 Å². The molecule has 1 atom stereocenters. The predicted octanol–water partition coefficient (Wildman–Crippen LogP) is 3.31. The fraction of sp³-hybridized carbons (Fsp3) is 0.333. The summed E-state index contributed by atoms with van der Waals surface area (Å²) in [5.74, 6) is -0.864. The molecule has 0 aromatic heterocycles. The van der Waals surface area contributed by atoms with Gasteiger partial charge in [0.15, 0.2) is 0 Å². The molecule has 0 fully saturated rings. The zero-order valence-electron chi connectivity index (χ0n) is 15.2. The summed E-state index contributed by atoms with van der Waals surface area (Å²) < 4.78 is 14.0. The summed E-state index contributed by atoms with van der Waals surface area (Å²) in [6, 6.07) is 15.1. The van der Waals surface area contributed by atoms with Crippen LogP contribution < -0.4 is 5.32 Å². The first-order chi connectivity index (χ1) is 12.6. The Morgan fingerprint density at radius 3 is 2.31 bits per heavy atom. The van der Waals surface area contributed by atoms with Crippen LogP contribution >= 0.6 is 0 Å². The smallest absolute Gasteiger partial charge is 0.242 e. The van der Waals surface area contributed by atoms with Gasteiger partial charge in [0, 0.05) is 13.1 Å². The molecule has 4 nitrogen and oxygen atoms in total. The quantitative estimate of drug-likeness (QED) is 0.789. The summed E-state index contributed by atoms with van der Waals surface area (Å²) >= 11 is 0. The Hall–Kier alpha value is -2.69. The third-order valence-electron chi connectivity index (χ3n) is 4.23. The Morgan fingerprint density at radius 2 is 1.69 bits per heavy atom. The summed E-state index contributed by atoms with van der Waals surface area (Å²) in [6.45, 7) is 4.52. The number of carbonyl (C=O) groups is 2. The van der Waals surface area contributed by atoms with Crippen LogP contribution in [-0.4, -0.2) is 29.3 Å². The maximum absolute atomic E-state index is 14.0. The number of amides is 2. The van der Waals surface area contributed by atoms with E-state index in [9.17, 15) is 14.0 Å². The molecule has 0 radical (unpaired) electrons. The molecular weight excluding hydrogens is 331 g/mol. The SMILES string of the molecule is CCNC(=O)C(CC)N(Cc1ccccc1)C(=O)Cc1ccccc1F. The monoisotopic (exact) mass is 356 g/mol. The van der Waals surface area contributed by atoms with Crippen molar-refractivity contribution in [2.45, 2.75) is 39.3 Å². The van der Waals surface area contributed by atoms with Gasteiger partial charge in [0.2, 0.25) is 11.8 Å². The number of benzene rings is 2. The van der Waals surface area contributed by atoms with Gasteiger partial charge < -0.3 is 10.2 Å². The fourth-order valence-corrected chi connectivity index (χ4v) is 2.90. The third kappa shape index (κ3) is 5.15. The molecule has 1 N–H and O–H groups in total. The van der Waals surface area contributed by atoms with E-state index in [1.165, 1.54) is 6.07 Å². The van der Waals surface area contributed by atoms with Crippen molar-refractivity contribution in [1.29, 1.82) is 0 Å². The lowest BCUT2D eigenvalue weighted by atomic mass is 10.1. The average molecular weight is 356 g/mol. The van der Waals surface area contributed by atoms with E-state index in [1.54, 1.807) is 23.1 Å². The first-order valence-electron chi connectivity index (χ1n) is 8.91. The molecule has 26 heavy (non-hydrogen) atoms. The highest BCUT2D eigenvalue weighted by atomic mass is 19.1. The van der Waals surface area contributed by atoms with Crippen LogP contribution in [0.1, 0.15) is 31.4 Å². The van der Waals surface area contributed by atoms with E-state index in [-0.39, 0.29) is 18.2 Å². The van der Waals surface area contributed by atoms with Gasteiger partial charge in [-0.05, 0) is 30.5 Å². The molecule has 2 amide bonds. The van der Waals surface area contributed by atoms with E-state index in [2.05, 4.69) is 5.32 Å². The van der Waals surface area contributed by atoms with Crippen LogP contribution in [0.15, 0.2) is 54.6 Å². The van der Waals surface area contributed by atoms with Gasteiger partial charge in [-0.1, -0.05) is 55.5 Å². The Bertz CT molecular complexity index is 734. The Morgan fingerprint density at radius 1 is 1.04 bits per heavy atom. The standard InChI is InChI=1S/C21H25FN2O2/c1-3-19(21(26)23-4-2)24(15-16-10-6-5-7-11-16)20(25)14-17-12-8-9-13-18(17)22/h5-13,19H,3-4,14-15H2,1-2H3,(H,23,26). The van der Waals surface area contributed by atoms with E-state index in [1.807, 2.05) is 44.2 Å². The lowest BCUT2D eigenvalue weighted by Gasteiger charge is -2.30. The number of halogens is 1. The molecule has 0 aliphatic heterocycles. The summed E-state index contributed by atoms with van der Waals surface area (Å²) in [7, 11) is 0. The van der Waals surface area contributed by atoms with Gasteiger partial charge in [0.25, 0.3) is 0 Å². The topological polar surface area (TPSA) is 49.4 Å². The van der Waals surface area contributed by atoms with E-state index in [0.29, 0.717) is 25.1 Å². The molecule has 0 spiro atoms. The van der Waals surface area contributed by atoms with Gasteiger partial charge in [-0.25, -0.2) is 4.39 Å². The van der Waals surface area contributed by atoms with Gasteiger partial charge >= 0.3 is 0 Å². The number of hydrogen-bond acceptors (Lipinski definition) is 2. The second-order valence-electron chi connectivity index (χ2n) is 6.09. The summed E-state index contributed by atoms with van der Waals surface area (Å²) in [5, 5.41) is 2.79. The molecule has 0 aliphatic carbocycles. The van der Waals surface area contributed by atoms with Crippen molar-refractivity contribution in [3.63, 3.8) is 0 Å². The second kappa shape index (κ2) is 9.70. The molecular formula is C21H25FN2O2. The first-order valence-corrected chi connectivity index (χ1v) is 8.91. The van der Waals surface area contributed by atoms with Gasteiger partial charge in [0.05, 0.1) is 6.42 Å². The number of nitrogens with one attached hydrogen (secondary N) is 1. The zero-order valence-corrected chi connectivity index (χ0v) is 15.2. The molecule has 0 heterocycles. The minimum atomic E-state index is -0.588. The highest BCUT2D eigenvalue weighted by Crippen LogP contribution is 2.16. The van der Waals surface area contributed by atoms with E-state index in [4.69, 9.17) is 0 Å². The van der Waals surface area contributed by atoms with Gasteiger partial charge in [-0.15, -0.1) is 0 Å². The molecule has 1 unspecified atom stereocenters. The highest BCUT2D eigenvalue weighted by Gasteiger charge is 2.28. The fourth-order valence-electron chi connectivity index (χ4n) is 2.90. The van der Waals surface area contributed by atoms with Gasteiger partial charge in [-0.3, -0.25) is 9.59 Å². The van der Waals surface area contributed by atoms with Gasteiger partial charge in [-0.2, -0.15) is 0 Å². The molecule has 0 saturated carbocycles. The van der Waals surface area contributed by atoms with Crippen LogP contribution in [0.2, 0.25) is 0 Å². The summed E-state index contributed by atoms with van der Waals surface area (Å²) in [6.07, 6.45) is 0.414. The number of hydrogen-bond donors (Lipinski definition) is 1. The number of nitrogens with zero attached hydrogens (tertiary/aromatic N) is 1. The van der Waals surface area contributed by atoms with Crippen LogP contribution in [0.5, 0.6) is 0 Å². The average Bonchev–Trinajstić information content (AvgIpc) is 2.64. The van der Waals surface area contributed by atoms with Crippen molar-refractivity contribution in [3.8, 4) is 0 Å². The maximum Gasteiger partial charge on any atom is 0.242 e. The number of likely N-dealkylation sites (N-methyl/N-ethyl adjacent to an activating group) is 1. The largest absolute Gasteiger partial charge is 0.355 e. The van der Waals surface area contributed by atoms with Crippen molar-refractivity contribution >= 4 is 11.8 Å². The molecule has 2 aromatic carbocycles. The van der Waals surface area contributed by atoms with Gasteiger partial charge in [0.1, 0.15) is 11.9 Å². The van der Waals surface area contributed by atoms with Crippen LogP contribution in [0.3, 0.4) is 0 Å². The Labute approximate surface area is 154 Å². The van der Waals surface area contributed by atoms with Crippen molar-refractivity contribution in [2.24, 2.45) is 0 Å². The van der Waals surface area contributed by atoms with E-state index >= 15 is 0 Å². The minimum absolute atomic E-state index is 0.0740. The Balaban J connectivity index is 2.27. The lowest BCUT2D eigenvalue weighted by molar-refractivity contribution is -0.140. The maximum atomic E-state index is 14.0. The minimum Gasteiger partial charge on any atom is -0.355 e. The molecule has 0 aliphatic rings. The molecule has 0 bridgehead atoms. The highest BCUT2D eigenvalue weighted by molar-refractivity contribution is 5.88. The van der Waals surface area contributed by atoms with E-state index in [0.717, 1.165) is 5.56 Å². The predicted molar refractivity (Wildman–Crippen MR) is 99.9 cm³/mol. The van der Waals surface area contributed by atoms with Crippen LogP contribution in [0, 0.1) is 5.82 Å². The molecule has 2 aromatic rings. The van der Waals surface area contributed by atoms with Crippen molar-refractivity contribution in [3.05, 3.63) is 71.5 Å². The van der Waals surface area contributed by atoms with Crippen LogP contribution in [0.4, 0.5) is 4.39 Å². The van der Waals surface area contributed by atoms with Crippen molar-refractivity contribution in [1.82, 2.24) is 10.2 Å². The third-order valence-corrected chi connectivity index (χ3v) is 4.23. The van der Waals surface area contributed by atoms with Crippen molar-refractivity contribution < 1.29 is 14.0 Å². The zero-order chi connectivity index (χ0) is 18.9. The van der Waals surface area contributed by atoms with Crippen molar-refractivity contribution in [2.75, 3.05) is 6.54 Å². The number of carbonyl (C=O) groups excluding carboxylic acids is 2. The number of rotatable bonds is 8. The lowest BCUT2D eigenvalue weighted by Crippen LogP contribution is -2.49. The first kappa shape index (κ1) is 19.6. The summed E-state index contributed by atoms with van der Waals surface area (Å²) in [5.41, 5.74) is 1.26. The molecule has 0 saturated heterocycles. The molecule has 5 heteroatoms. The normalized spacial score (nSPS) is 11.7. The summed E-state index contributed by atoms with van der Waals surface area (Å²) in [4.78, 5) is 27.0. The van der Waals surface area contributed by atoms with Crippen LogP contribution in [0.25, 0.3) is 0 Å².